The smallest absolute Gasteiger partial charge is 0.258 e. The lowest BCUT2D eigenvalue weighted by atomic mass is 9.56. The van der Waals surface area contributed by atoms with E-state index in [4.69, 9.17) is 23.2 Å². The summed E-state index contributed by atoms with van der Waals surface area (Å²) in [6, 6.07) is 17.5. The van der Waals surface area contributed by atoms with E-state index in [2.05, 4.69) is 0 Å². The van der Waals surface area contributed by atoms with Crippen LogP contribution in [0.15, 0.2) is 84.4 Å². The molecule has 6 atom stereocenters. The number of carbonyl (C=O) groups is 4. The number of hydrogen-bond acceptors (Lipinski definition) is 6. The molecule has 0 spiro atoms. The highest BCUT2D eigenvalue weighted by Crippen LogP contribution is 2.65. The highest BCUT2D eigenvalue weighted by molar-refractivity contribution is 6.58. The summed E-state index contributed by atoms with van der Waals surface area (Å²) in [6.07, 6.45) is 2.25. The Morgan fingerprint density at radius 1 is 0.844 bits per heavy atom. The van der Waals surface area contributed by atoms with Gasteiger partial charge in [0.25, 0.3) is 11.8 Å². The topological polar surface area (TPSA) is 115 Å². The maximum atomic E-state index is 14.3. The number of benzene rings is 3. The third kappa shape index (κ3) is 4.24. The van der Waals surface area contributed by atoms with Gasteiger partial charge in [-0.05, 0) is 84.8 Å². The van der Waals surface area contributed by atoms with Gasteiger partial charge in [0, 0.05) is 12.5 Å². The molecule has 4 amide bonds. The van der Waals surface area contributed by atoms with Gasteiger partial charge in [0.15, 0.2) is 9.75 Å². The van der Waals surface area contributed by atoms with Gasteiger partial charge in [0.05, 0.1) is 17.5 Å². The Labute approximate surface area is 267 Å². The molecule has 0 aromatic heterocycles. The van der Waals surface area contributed by atoms with E-state index in [0.29, 0.717) is 17.6 Å². The van der Waals surface area contributed by atoms with Crippen molar-refractivity contribution in [1.82, 2.24) is 4.90 Å². The monoisotopic (exact) mass is 648 g/mol. The Kier molecular flexibility index (Phi) is 6.83. The molecule has 2 N–H and O–H groups in total. The largest absolute Gasteiger partial charge is 0.508 e. The van der Waals surface area contributed by atoms with Gasteiger partial charge in [-0.2, -0.15) is 0 Å². The summed E-state index contributed by atoms with van der Waals surface area (Å²) in [4.78, 5) is 54.2. The number of likely N-dealkylation sites (tertiary alicyclic amines) is 1. The Balaban J connectivity index is 1.31. The molecule has 4 aliphatic rings. The Hall–Kier alpha value is -4.21. The van der Waals surface area contributed by atoms with Crippen LogP contribution in [0.4, 0.5) is 10.1 Å². The number of fused-ring (bicyclic) bond motifs is 4. The molecule has 0 bridgehead atoms. The average molecular weight is 650 g/mol. The van der Waals surface area contributed by atoms with Gasteiger partial charge in [0.2, 0.25) is 11.8 Å². The van der Waals surface area contributed by atoms with Crippen LogP contribution in [0.1, 0.15) is 29.9 Å². The number of nitrogens with zero attached hydrogens (tertiary/aromatic N) is 2. The number of hydrogen-bond donors (Lipinski definition) is 2. The highest BCUT2D eigenvalue weighted by atomic mass is 35.5. The van der Waals surface area contributed by atoms with E-state index < -0.39 is 51.1 Å². The predicted molar refractivity (Wildman–Crippen MR) is 163 cm³/mol. The second-order valence-corrected chi connectivity index (χ2v) is 13.3. The van der Waals surface area contributed by atoms with Crippen LogP contribution in [-0.4, -0.2) is 55.0 Å². The fraction of sp³-hybridized carbons (Fsp3) is 0.294. The second kappa shape index (κ2) is 10.4. The summed E-state index contributed by atoms with van der Waals surface area (Å²) < 4.78 is 13.8. The zero-order chi connectivity index (χ0) is 31.8. The quantitative estimate of drug-likeness (QED) is 0.228. The molecule has 230 valence electrons. The normalized spacial score (nSPS) is 30.7. The summed E-state index contributed by atoms with van der Waals surface area (Å²) in [7, 11) is 0. The number of alkyl halides is 2. The molecule has 1 saturated carbocycles. The van der Waals surface area contributed by atoms with Crippen LogP contribution in [0.3, 0.4) is 0 Å². The number of carbonyl (C=O) groups excluding carboxylic acids is 4. The molecule has 2 saturated heterocycles. The van der Waals surface area contributed by atoms with Gasteiger partial charge in [-0.1, -0.05) is 35.9 Å². The van der Waals surface area contributed by atoms with Gasteiger partial charge in [-0.3, -0.25) is 24.1 Å². The van der Waals surface area contributed by atoms with E-state index >= 15 is 0 Å². The number of imide groups is 2. The number of rotatable bonds is 5. The molecule has 3 aromatic rings. The van der Waals surface area contributed by atoms with Gasteiger partial charge >= 0.3 is 0 Å². The Morgan fingerprint density at radius 2 is 1.56 bits per heavy atom. The van der Waals surface area contributed by atoms with E-state index in [1.54, 1.807) is 24.3 Å². The molecule has 0 radical (unpaired) electrons. The van der Waals surface area contributed by atoms with Crippen LogP contribution in [0.5, 0.6) is 11.5 Å². The lowest BCUT2D eigenvalue weighted by Gasteiger charge is -2.50. The number of halogens is 3. The van der Waals surface area contributed by atoms with Gasteiger partial charge in [-0.15, -0.1) is 23.2 Å². The van der Waals surface area contributed by atoms with Gasteiger partial charge in [0.1, 0.15) is 17.3 Å². The number of anilines is 1. The zero-order valence-corrected chi connectivity index (χ0v) is 25.2. The van der Waals surface area contributed by atoms with Crippen molar-refractivity contribution in [3.8, 4) is 11.5 Å². The Morgan fingerprint density at radius 3 is 2.24 bits per heavy atom. The van der Waals surface area contributed by atoms with Crippen LogP contribution in [-0.2, 0) is 25.6 Å². The zero-order valence-electron chi connectivity index (χ0n) is 23.7. The lowest BCUT2D eigenvalue weighted by Crippen LogP contribution is -2.60. The summed E-state index contributed by atoms with van der Waals surface area (Å²) in [5.74, 6) is -6.10. The van der Waals surface area contributed by atoms with E-state index in [1.807, 2.05) is 6.08 Å². The first kappa shape index (κ1) is 29.5. The first-order chi connectivity index (χ1) is 21.5. The summed E-state index contributed by atoms with van der Waals surface area (Å²) in [5, 5.41) is 20.0. The van der Waals surface area contributed by atoms with Gasteiger partial charge in [-0.25, -0.2) is 9.29 Å². The van der Waals surface area contributed by atoms with E-state index in [0.717, 1.165) is 22.6 Å². The molecule has 3 aromatic carbocycles. The fourth-order valence-corrected chi connectivity index (χ4v) is 8.60. The molecule has 7 rings (SSSR count). The van der Waals surface area contributed by atoms with Crippen molar-refractivity contribution in [3.05, 3.63) is 101 Å². The minimum absolute atomic E-state index is 0.0935. The first-order valence-electron chi connectivity index (χ1n) is 14.6. The van der Waals surface area contributed by atoms with Crippen molar-refractivity contribution in [1.29, 1.82) is 0 Å². The summed E-state index contributed by atoms with van der Waals surface area (Å²) in [6.45, 7) is 0.134. The van der Waals surface area contributed by atoms with Crippen molar-refractivity contribution < 1.29 is 33.8 Å². The maximum absolute atomic E-state index is 14.3. The van der Waals surface area contributed by atoms with Gasteiger partial charge < -0.3 is 10.2 Å². The molecule has 2 aliphatic heterocycles. The van der Waals surface area contributed by atoms with Crippen LogP contribution < -0.4 is 4.90 Å². The average Bonchev–Trinajstić information content (AvgIpc) is 3.34. The van der Waals surface area contributed by atoms with Crippen LogP contribution >= 0.6 is 23.2 Å². The number of phenols is 2. The standard InChI is InChI=1S/C34H27Cl2FN2O6/c35-33-17-26-24(12-13-25-27(26)30(43)38(29(25)42)15-14-18-4-10-22(40)11-5-18)28(19-2-1-3-23(41)16-19)34(33,36)32(45)39(31(33)44)21-8-6-20(37)7-9-21/h1-12,16,25-28,40-41H,13-15,17H2/t25-,26+,27-,28-,33+,34-/m0/s1. The molecule has 0 unspecified atom stereocenters. The molecular weight excluding hydrogens is 622 g/mol. The van der Waals surface area contributed by atoms with Crippen molar-refractivity contribution in [2.75, 3.05) is 11.4 Å². The number of allylic oxidation sites excluding steroid dienone is 2. The Bertz CT molecular complexity index is 1800. The summed E-state index contributed by atoms with van der Waals surface area (Å²) >= 11 is 14.6. The van der Waals surface area contributed by atoms with Crippen LogP contribution in [0.25, 0.3) is 0 Å². The third-order valence-corrected chi connectivity index (χ3v) is 11.2. The molecule has 8 nitrogen and oxygen atoms in total. The second-order valence-electron chi connectivity index (χ2n) is 12.1. The van der Waals surface area contributed by atoms with Crippen molar-refractivity contribution >= 4 is 52.5 Å². The number of amides is 4. The predicted octanol–water partition coefficient (Wildman–Crippen LogP) is 5.04. The van der Waals surface area contributed by atoms with Crippen molar-refractivity contribution in [2.45, 2.75) is 34.9 Å². The van der Waals surface area contributed by atoms with Crippen LogP contribution in [0, 0.1) is 23.6 Å². The molecule has 2 heterocycles. The molecule has 11 heteroatoms. The molecule has 45 heavy (non-hydrogen) atoms. The van der Waals surface area contributed by atoms with E-state index in [1.165, 1.54) is 41.3 Å². The maximum Gasteiger partial charge on any atom is 0.258 e. The van der Waals surface area contributed by atoms with Crippen LogP contribution in [0.2, 0.25) is 0 Å². The fourth-order valence-electron chi connectivity index (χ4n) is 7.67. The lowest BCUT2D eigenvalue weighted by molar-refractivity contribution is -0.140. The minimum Gasteiger partial charge on any atom is -0.508 e. The third-order valence-electron chi connectivity index (χ3n) is 9.75. The molecule has 2 aliphatic carbocycles. The van der Waals surface area contributed by atoms with Crippen molar-refractivity contribution in [3.63, 3.8) is 0 Å². The SMILES string of the molecule is O=C1[C@H]2[C@H](CC=C3[C@H]2C[C@@]2(Cl)C(=O)N(c4ccc(F)cc4)C(=O)[C@@]2(Cl)[C@H]3c2cccc(O)c2)C(=O)N1CCc1ccc(O)cc1. The number of phenolic OH excluding ortho intramolecular Hbond substituents is 2. The van der Waals surface area contributed by atoms with E-state index in [-0.39, 0.29) is 48.4 Å². The number of aromatic hydroxyl groups is 2. The van der Waals surface area contributed by atoms with Crippen molar-refractivity contribution in [2.24, 2.45) is 17.8 Å². The highest BCUT2D eigenvalue weighted by Gasteiger charge is 2.76. The molecule has 3 fully saturated rings. The first-order valence-corrected chi connectivity index (χ1v) is 15.4. The molecular formula is C34H27Cl2FN2O6. The van der Waals surface area contributed by atoms with E-state index in [9.17, 15) is 33.8 Å². The summed E-state index contributed by atoms with van der Waals surface area (Å²) in [5.41, 5.74) is 1.97. The minimum atomic E-state index is -2.06.